The number of anilines is 1. The van der Waals surface area contributed by atoms with Crippen molar-refractivity contribution < 1.29 is 18.7 Å². The van der Waals surface area contributed by atoms with Crippen molar-refractivity contribution in [1.29, 1.82) is 5.26 Å². The predicted molar refractivity (Wildman–Crippen MR) is 122 cm³/mol. The molecule has 0 radical (unpaired) electrons. The molecule has 0 aliphatic heterocycles. The minimum absolute atomic E-state index is 0.0426. The number of carbonyl (C=O) groups excluding carboxylic acids is 1. The van der Waals surface area contributed by atoms with Crippen LogP contribution >= 0.6 is 0 Å². The van der Waals surface area contributed by atoms with E-state index in [1.165, 1.54) is 19.3 Å². The first-order valence-electron chi connectivity index (χ1n) is 10.1. The highest BCUT2D eigenvalue weighted by molar-refractivity contribution is 6.09. The van der Waals surface area contributed by atoms with E-state index in [4.69, 9.17) is 9.47 Å². The molecular weight excluding hydrogens is 407 g/mol. The van der Waals surface area contributed by atoms with Crippen LogP contribution in [0.3, 0.4) is 0 Å². The largest absolute Gasteiger partial charge is 0.493 e. The molecule has 0 atom stereocenters. The van der Waals surface area contributed by atoms with Gasteiger partial charge in [-0.05, 0) is 54.0 Å². The second kappa shape index (κ2) is 10.8. The van der Waals surface area contributed by atoms with E-state index in [0.717, 1.165) is 12.0 Å². The Morgan fingerprint density at radius 3 is 2.50 bits per heavy atom. The quantitative estimate of drug-likeness (QED) is 0.377. The lowest BCUT2D eigenvalue weighted by molar-refractivity contribution is -0.112. The average Bonchev–Trinajstić information content (AvgIpc) is 2.82. The van der Waals surface area contributed by atoms with Gasteiger partial charge >= 0.3 is 0 Å². The third kappa shape index (κ3) is 5.73. The van der Waals surface area contributed by atoms with Gasteiger partial charge < -0.3 is 14.8 Å². The lowest BCUT2D eigenvalue weighted by Crippen LogP contribution is -2.13. The molecule has 0 saturated heterocycles. The number of ether oxygens (including phenoxy) is 2. The Hall–Kier alpha value is -4.11. The van der Waals surface area contributed by atoms with E-state index < -0.39 is 5.91 Å². The molecule has 0 bridgehead atoms. The maximum Gasteiger partial charge on any atom is 0.266 e. The molecule has 0 saturated carbocycles. The van der Waals surface area contributed by atoms with Crippen LogP contribution in [0.25, 0.3) is 6.08 Å². The molecule has 1 N–H and O–H groups in total. The van der Waals surface area contributed by atoms with Gasteiger partial charge in [-0.3, -0.25) is 4.79 Å². The minimum atomic E-state index is -0.504. The highest BCUT2D eigenvalue weighted by Gasteiger charge is 2.12. The Bertz CT molecular complexity index is 1160. The predicted octanol–water partition coefficient (Wildman–Crippen LogP) is 5.52. The van der Waals surface area contributed by atoms with E-state index in [1.807, 2.05) is 18.2 Å². The highest BCUT2D eigenvalue weighted by atomic mass is 19.1. The van der Waals surface area contributed by atoms with Crippen molar-refractivity contribution in [3.63, 3.8) is 0 Å². The number of amides is 1. The second-order valence-corrected chi connectivity index (χ2v) is 6.96. The van der Waals surface area contributed by atoms with Crippen LogP contribution in [-0.4, -0.2) is 13.0 Å². The van der Waals surface area contributed by atoms with Crippen molar-refractivity contribution in [3.8, 4) is 17.6 Å². The van der Waals surface area contributed by atoms with Crippen LogP contribution in [0.5, 0.6) is 11.5 Å². The normalized spacial score (nSPS) is 10.9. The number of nitrogens with one attached hydrogen (secondary N) is 1. The lowest BCUT2D eigenvalue weighted by Gasteiger charge is -2.12. The topological polar surface area (TPSA) is 71.4 Å². The van der Waals surface area contributed by atoms with Gasteiger partial charge in [0.2, 0.25) is 0 Å². The molecule has 0 aliphatic carbocycles. The summed E-state index contributed by atoms with van der Waals surface area (Å²) >= 11 is 0. The summed E-state index contributed by atoms with van der Waals surface area (Å²) in [5.41, 5.74) is 2.74. The van der Waals surface area contributed by atoms with Gasteiger partial charge in [-0.2, -0.15) is 5.26 Å². The first-order valence-corrected chi connectivity index (χ1v) is 10.1. The number of rotatable bonds is 8. The Morgan fingerprint density at radius 2 is 1.84 bits per heavy atom. The zero-order valence-electron chi connectivity index (χ0n) is 17.9. The first-order chi connectivity index (χ1) is 15.5. The third-order valence-corrected chi connectivity index (χ3v) is 4.82. The van der Waals surface area contributed by atoms with E-state index in [1.54, 1.807) is 48.5 Å². The molecule has 3 aromatic carbocycles. The van der Waals surface area contributed by atoms with Crippen LogP contribution in [0.2, 0.25) is 0 Å². The number of aryl methyl sites for hydroxylation is 1. The van der Waals surface area contributed by atoms with Gasteiger partial charge in [0.1, 0.15) is 24.1 Å². The molecule has 0 aliphatic rings. The number of hydrogen-bond acceptors (Lipinski definition) is 4. The zero-order valence-corrected chi connectivity index (χ0v) is 17.9. The number of carbonyl (C=O) groups is 1. The Labute approximate surface area is 186 Å². The summed E-state index contributed by atoms with van der Waals surface area (Å²) in [5, 5.41) is 12.2. The van der Waals surface area contributed by atoms with Crippen molar-refractivity contribution >= 4 is 17.7 Å². The smallest absolute Gasteiger partial charge is 0.266 e. The molecule has 3 aromatic rings. The molecular formula is C26H23FN2O3. The summed E-state index contributed by atoms with van der Waals surface area (Å²) in [5.74, 6) is -0.0227. The van der Waals surface area contributed by atoms with Gasteiger partial charge in [-0.25, -0.2) is 4.39 Å². The summed E-state index contributed by atoms with van der Waals surface area (Å²) in [6, 6.07) is 20.8. The Morgan fingerprint density at radius 1 is 1.09 bits per heavy atom. The molecule has 32 heavy (non-hydrogen) atoms. The fourth-order valence-electron chi connectivity index (χ4n) is 3.00. The fraction of sp³-hybridized carbons (Fsp3) is 0.154. The van der Waals surface area contributed by atoms with Gasteiger partial charge in [-0.1, -0.05) is 43.3 Å². The summed E-state index contributed by atoms with van der Waals surface area (Å²) in [6.45, 7) is 2.09. The maximum atomic E-state index is 13.8. The monoisotopic (exact) mass is 430 g/mol. The highest BCUT2D eigenvalue weighted by Crippen LogP contribution is 2.30. The molecule has 162 valence electrons. The molecule has 0 heterocycles. The van der Waals surface area contributed by atoms with E-state index in [9.17, 15) is 14.4 Å². The van der Waals surface area contributed by atoms with Crippen molar-refractivity contribution in [2.45, 2.75) is 20.0 Å². The molecule has 6 heteroatoms. The number of nitriles is 1. The van der Waals surface area contributed by atoms with Gasteiger partial charge in [0.05, 0.1) is 7.11 Å². The maximum absolute atomic E-state index is 13.8. The van der Waals surface area contributed by atoms with Crippen LogP contribution < -0.4 is 14.8 Å². The van der Waals surface area contributed by atoms with Crippen molar-refractivity contribution in [3.05, 3.63) is 94.8 Å². The molecule has 0 fully saturated rings. The third-order valence-electron chi connectivity index (χ3n) is 4.82. The molecule has 3 rings (SSSR count). The average molecular weight is 430 g/mol. The minimum Gasteiger partial charge on any atom is -0.493 e. The zero-order chi connectivity index (χ0) is 22.9. The summed E-state index contributed by atoms with van der Waals surface area (Å²) in [4.78, 5) is 12.5. The van der Waals surface area contributed by atoms with Crippen molar-refractivity contribution in [1.82, 2.24) is 0 Å². The van der Waals surface area contributed by atoms with Gasteiger partial charge in [0.15, 0.2) is 11.5 Å². The molecule has 0 aromatic heterocycles. The summed E-state index contributed by atoms with van der Waals surface area (Å²) in [7, 11) is 1.48. The van der Waals surface area contributed by atoms with Crippen LogP contribution in [0, 0.1) is 17.1 Å². The summed E-state index contributed by atoms with van der Waals surface area (Å²) < 4.78 is 24.9. The first kappa shape index (κ1) is 22.6. The molecule has 0 unspecified atom stereocenters. The fourth-order valence-corrected chi connectivity index (χ4v) is 3.00. The molecule has 5 nitrogen and oxygen atoms in total. The van der Waals surface area contributed by atoms with Gasteiger partial charge in [0.25, 0.3) is 5.91 Å². The number of methoxy groups -OCH3 is 1. The molecule has 0 spiro atoms. The lowest BCUT2D eigenvalue weighted by atomic mass is 10.1. The number of benzene rings is 3. The van der Waals surface area contributed by atoms with Gasteiger partial charge in [0, 0.05) is 11.3 Å². The van der Waals surface area contributed by atoms with Crippen LogP contribution in [0.15, 0.2) is 72.3 Å². The Balaban J connectivity index is 1.74. The van der Waals surface area contributed by atoms with Crippen LogP contribution in [0.4, 0.5) is 10.1 Å². The van der Waals surface area contributed by atoms with E-state index in [2.05, 4.69) is 12.2 Å². The van der Waals surface area contributed by atoms with Gasteiger partial charge in [-0.15, -0.1) is 0 Å². The van der Waals surface area contributed by atoms with Crippen LogP contribution in [0.1, 0.15) is 23.6 Å². The number of nitrogens with zero attached hydrogens (tertiary/aromatic N) is 1. The van der Waals surface area contributed by atoms with E-state index in [0.29, 0.717) is 28.3 Å². The van der Waals surface area contributed by atoms with Crippen LogP contribution in [-0.2, 0) is 17.8 Å². The molecule has 1 amide bonds. The van der Waals surface area contributed by atoms with Crippen molar-refractivity contribution in [2.75, 3.05) is 12.4 Å². The second-order valence-electron chi connectivity index (χ2n) is 6.96. The Kier molecular flexibility index (Phi) is 7.60. The van der Waals surface area contributed by atoms with Crippen molar-refractivity contribution in [2.24, 2.45) is 0 Å². The SMILES string of the molecule is CCc1ccc(NC(=O)/C(C#N)=C/c2ccc(OCc3ccccc3F)c(OC)c2)cc1. The van der Waals surface area contributed by atoms with E-state index >= 15 is 0 Å². The standard InChI is InChI=1S/C26H23FN2O3/c1-3-18-8-11-22(12-9-18)29-26(30)21(16-28)14-19-10-13-24(25(15-19)31-2)32-17-20-6-4-5-7-23(20)27/h4-15H,3,17H2,1-2H3,(H,29,30)/b21-14+. The number of hydrogen-bond donors (Lipinski definition) is 1. The summed E-state index contributed by atoms with van der Waals surface area (Å²) in [6.07, 6.45) is 2.37. The van der Waals surface area contributed by atoms with E-state index in [-0.39, 0.29) is 18.0 Å². The number of halogens is 1.